The van der Waals surface area contributed by atoms with Gasteiger partial charge in [0.25, 0.3) is 0 Å². The Kier molecular flexibility index (Phi) is 7.02. The summed E-state index contributed by atoms with van der Waals surface area (Å²) < 4.78 is 0. The first-order valence-electron chi connectivity index (χ1n) is 10.6. The van der Waals surface area contributed by atoms with Crippen LogP contribution in [0.5, 0.6) is 0 Å². The summed E-state index contributed by atoms with van der Waals surface area (Å²) in [6, 6.07) is 14.5. The lowest BCUT2D eigenvalue weighted by Crippen LogP contribution is -2.44. The topological polar surface area (TPSA) is 65.5 Å². The summed E-state index contributed by atoms with van der Waals surface area (Å²) in [6.07, 6.45) is 4.82. The minimum absolute atomic E-state index is 0.0850. The van der Waals surface area contributed by atoms with Crippen LogP contribution >= 0.6 is 11.8 Å². The molecule has 0 saturated carbocycles. The number of pyridine rings is 1. The van der Waals surface area contributed by atoms with Crippen molar-refractivity contribution in [1.82, 2.24) is 15.2 Å². The van der Waals surface area contributed by atoms with Crippen molar-refractivity contribution >= 4 is 29.3 Å². The molecule has 2 amide bonds. The van der Waals surface area contributed by atoms with Gasteiger partial charge in [-0.15, -0.1) is 0 Å². The summed E-state index contributed by atoms with van der Waals surface area (Å²) in [7, 11) is 0. The van der Waals surface area contributed by atoms with E-state index in [1.54, 1.807) is 11.1 Å². The first-order chi connectivity index (χ1) is 14.7. The van der Waals surface area contributed by atoms with Crippen LogP contribution in [-0.4, -0.2) is 53.1 Å². The van der Waals surface area contributed by atoms with Crippen molar-refractivity contribution in [2.75, 3.05) is 30.3 Å². The fraction of sp³-hybridized carbons (Fsp3) is 0.435. The Bertz CT molecular complexity index is 869. The molecule has 158 valence electrons. The number of fused-ring (bicyclic) bond motifs is 1. The highest BCUT2D eigenvalue weighted by Crippen LogP contribution is 2.33. The summed E-state index contributed by atoms with van der Waals surface area (Å²) in [5.41, 5.74) is 2.20. The quantitative estimate of drug-likeness (QED) is 0.740. The molecule has 0 bridgehead atoms. The van der Waals surface area contributed by atoms with Crippen LogP contribution in [0.15, 0.2) is 53.7 Å². The molecule has 7 heteroatoms. The van der Waals surface area contributed by atoms with Crippen molar-refractivity contribution < 1.29 is 9.59 Å². The number of piperidine rings is 1. The van der Waals surface area contributed by atoms with E-state index in [0.29, 0.717) is 25.1 Å². The molecule has 1 fully saturated rings. The maximum Gasteiger partial charge on any atom is 0.237 e. The van der Waals surface area contributed by atoms with Crippen molar-refractivity contribution in [3.05, 3.63) is 54.2 Å². The molecule has 30 heavy (non-hydrogen) atoms. The predicted octanol–water partition coefficient (Wildman–Crippen LogP) is 3.08. The van der Waals surface area contributed by atoms with Gasteiger partial charge in [-0.25, -0.2) is 4.98 Å². The molecule has 0 atom stereocenters. The fourth-order valence-electron chi connectivity index (χ4n) is 4.06. The lowest BCUT2D eigenvalue weighted by molar-refractivity contribution is -0.122. The minimum Gasteiger partial charge on any atom is -0.353 e. The van der Waals surface area contributed by atoms with Gasteiger partial charge in [-0.05, 0) is 37.0 Å². The molecule has 1 aromatic carbocycles. The monoisotopic (exact) mass is 424 g/mol. The number of carbonyl (C=O) groups is 2. The molecule has 4 rings (SSSR count). The summed E-state index contributed by atoms with van der Waals surface area (Å²) >= 11 is 1.48. The minimum atomic E-state index is 0.0850. The first-order valence-corrected chi connectivity index (χ1v) is 11.6. The van der Waals surface area contributed by atoms with Gasteiger partial charge in [-0.1, -0.05) is 42.1 Å². The largest absolute Gasteiger partial charge is 0.353 e. The standard InChI is InChI=1S/C23H28N4O2S/c28-21(9-5-13-27-20-8-4-12-24-23(20)30-17-22(27)29)25-19-10-14-26(15-11-19)16-18-6-2-1-3-7-18/h1-4,6-8,12,19H,5,9-11,13-17H2,(H,25,28). The van der Waals surface area contributed by atoms with Crippen LogP contribution in [0, 0.1) is 0 Å². The number of benzene rings is 1. The average Bonchev–Trinajstić information content (AvgIpc) is 2.77. The molecule has 3 heterocycles. The number of rotatable bonds is 7. The number of hydrogen-bond donors (Lipinski definition) is 1. The number of nitrogens with zero attached hydrogens (tertiary/aromatic N) is 3. The maximum atomic E-state index is 12.4. The highest BCUT2D eigenvalue weighted by molar-refractivity contribution is 8.00. The number of aromatic nitrogens is 1. The van der Waals surface area contributed by atoms with E-state index in [2.05, 4.69) is 39.5 Å². The summed E-state index contributed by atoms with van der Waals surface area (Å²) in [5, 5.41) is 4.08. The fourth-order valence-corrected chi connectivity index (χ4v) is 4.94. The second-order valence-electron chi connectivity index (χ2n) is 7.87. The van der Waals surface area contributed by atoms with E-state index in [1.807, 2.05) is 18.2 Å². The third kappa shape index (κ3) is 5.40. The molecule has 1 N–H and O–H groups in total. The lowest BCUT2D eigenvalue weighted by Gasteiger charge is -2.32. The van der Waals surface area contributed by atoms with E-state index in [9.17, 15) is 9.59 Å². The van der Waals surface area contributed by atoms with E-state index in [0.717, 1.165) is 43.2 Å². The van der Waals surface area contributed by atoms with E-state index >= 15 is 0 Å². The van der Waals surface area contributed by atoms with Crippen molar-refractivity contribution in [2.24, 2.45) is 0 Å². The highest BCUT2D eigenvalue weighted by atomic mass is 32.2. The first kappa shape index (κ1) is 20.9. The summed E-state index contributed by atoms with van der Waals surface area (Å²) in [5.74, 6) is 0.589. The zero-order valence-corrected chi connectivity index (χ0v) is 17.9. The number of likely N-dealkylation sites (tertiary alicyclic amines) is 1. The van der Waals surface area contributed by atoms with Crippen molar-refractivity contribution in [3.63, 3.8) is 0 Å². The normalized spacial score (nSPS) is 17.6. The van der Waals surface area contributed by atoms with Crippen LogP contribution in [0.1, 0.15) is 31.2 Å². The Morgan fingerprint density at radius 3 is 2.73 bits per heavy atom. The number of hydrogen-bond acceptors (Lipinski definition) is 5. The number of anilines is 1. The maximum absolute atomic E-state index is 12.4. The van der Waals surface area contributed by atoms with Gasteiger partial charge in [0.15, 0.2) is 0 Å². The molecular weight excluding hydrogens is 396 g/mol. The van der Waals surface area contributed by atoms with Crippen LogP contribution < -0.4 is 10.2 Å². The molecule has 0 spiro atoms. The van der Waals surface area contributed by atoms with Gasteiger partial charge in [0, 0.05) is 44.8 Å². The second-order valence-corrected chi connectivity index (χ2v) is 8.83. The van der Waals surface area contributed by atoms with Gasteiger partial charge >= 0.3 is 0 Å². The SMILES string of the molecule is O=C(CCCN1C(=O)CSc2ncccc21)NC1CCN(Cc2ccccc2)CC1. The van der Waals surface area contributed by atoms with Crippen LogP contribution in [0.4, 0.5) is 5.69 Å². The van der Waals surface area contributed by atoms with E-state index in [1.165, 1.54) is 17.3 Å². The van der Waals surface area contributed by atoms with E-state index in [4.69, 9.17) is 0 Å². The lowest BCUT2D eigenvalue weighted by atomic mass is 10.0. The smallest absolute Gasteiger partial charge is 0.237 e. The van der Waals surface area contributed by atoms with Crippen molar-refractivity contribution in [2.45, 2.75) is 43.3 Å². The Hall–Kier alpha value is -2.38. The number of carbonyl (C=O) groups excluding carboxylic acids is 2. The third-order valence-corrected chi connectivity index (χ3v) is 6.64. The summed E-state index contributed by atoms with van der Waals surface area (Å²) in [6.45, 7) is 3.54. The molecule has 2 aromatic rings. The molecular formula is C23H28N4O2S. The third-order valence-electron chi connectivity index (χ3n) is 5.66. The van der Waals surface area contributed by atoms with Crippen LogP contribution in [0.2, 0.25) is 0 Å². The molecule has 1 saturated heterocycles. The molecule has 2 aliphatic rings. The predicted molar refractivity (Wildman–Crippen MR) is 119 cm³/mol. The number of nitrogens with one attached hydrogen (secondary N) is 1. The Morgan fingerprint density at radius 1 is 1.13 bits per heavy atom. The molecule has 2 aliphatic heterocycles. The molecule has 0 aliphatic carbocycles. The molecule has 0 unspecified atom stereocenters. The highest BCUT2D eigenvalue weighted by Gasteiger charge is 2.25. The van der Waals surface area contributed by atoms with E-state index < -0.39 is 0 Å². The van der Waals surface area contributed by atoms with Crippen molar-refractivity contribution in [3.8, 4) is 0 Å². The van der Waals surface area contributed by atoms with Gasteiger partial charge in [0.2, 0.25) is 11.8 Å². The zero-order chi connectivity index (χ0) is 20.8. The molecule has 1 aromatic heterocycles. The number of thioether (sulfide) groups is 1. The summed E-state index contributed by atoms with van der Waals surface area (Å²) in [4.78, 5) is 33.3. The van der Waals surface area contributed by atoms with Gasteiger partial charge in [0.05, 0.1) is 11.4 Å². The molecule has 6 nitrogen and oxygen atoms in total. The van der Waals surface area contributed by atoms with Crippen LogP contribution in [-0.2, 0) is 16.1 Å². The Morgan fingerprint density at radius 2 is 1.93 bits per heavy atom. The number of amides is 2. The average molecular weight is 425 g/mol. The van der Waals surface area contributed by atoms with Crippen molar-refractivity contribution in [1.29, 1.82) is 0 Å². The Labute approximate surface area is 182 Å². The second kappa shape index (κ2) is 10.1. The molecule has 0 radical (unpaired) electrons. The Balaban J connectivity index is 1.18. The van der Waals surface area contributed by atoms with Crippen LogP contribution in [0.25, 0.3) is 0 Å². The van der Waals surface area contributed by atoms with Gasteiger partial charge in [-0.3, -0.25) is 14.5 Å². The van der Waals surface area contributed by atoms with Gasteiger partial charge in [-0.2, -0.15) is 0 Å². The van der Waals surface area contributed by atoms with Crippen LogP contribution in [0.3, 0.4) is 0 Å². The van der Waals surface area contributed by atoms with Gasteiger partial charge < -0.3 is 10.2 Å². The van der Waals surface area contributed by atoms with E-state index in [-0.39, 0.29) is 17.9 Å². The van der Waals surface area contributed by atoms with Gasteiger partial charge in [0.1, 0.15) is 5.03 Å². The zero-order valence-electron chi connectivity index (χ0n) is 17.1.